The molecule has 4 heteroatoms. The molecule has 1 atom stereocenters. The highest BCUT2D eigenvalue weighted by Crippen LogP contribution is 2.31. The van der Waals surface area contributed by atoms with Crippen LogP contribution >= 0.6 is 11.3 Å². The molecule has 0 saturated carbocycles. The molecule has 1 unspecified atom stereocenters. The molecule has 1 heterocycles. The van der Waals surface area contributed by atoms with Crippen molar-refractivity contribution < 1.29 is 9.13 Å². The van der Waals surface area contributed by atoms with E-state index >= 15 is 0 Å². The van der Waals surface area contributed by atoms with Crippen LogP contribution in [0, 0.1) is 12.7 Å². The predicted octanol–water partition coefficient (Wildman–Crippen LogP) is 3.51. The summed E-state index contributed by atoms with van der Waals surface area (Å²) >= 11 is 1.70. The number of hydrogen-bond donors (Lipinski definition) is 1. The van der Waals surface area contributed by atoms with Gasteiger partial charge in [0.15, 0.2) is 11.6 Å². The maximum atomic E-state index is 13.4. The number of thiophene rings is 1. The molecule has 2 aromatic rings. The minimum absolute atomic E-state index is 0.0690. The number of rotatable bonds is 4. The SMILES string of the molecule is CNC(c1ccc(F)c(OC)c1)c1sccc1C. The Hall–Kier alpha value is -1.39. The first-order chi connectivity index (χ1) is 8.67. The lowest BCUT2D eigenvalue weighted by Crippen LogP contribution is -2.17. The molecular formula is C14H16FNOS. The van der Waals surface area contributed by atoms with Gasteiger partial charge in [-0.2, -0.15) is 0 Å². The topological polar surface area (TPSA) is 21.3 Å². The molecule has 2 nitrogen and oxygen atoms in total. The van der Waals surface area contributed by atoms with E-state index in [0.717, 1.165) is 5.56 Å². The summed E-state index contributed by atoms with van der Waals surface area (Å²) in [6, 6.07) is 7.14. The second-order valence-corrected chi connectivity index (χ2v) is 5.03. The van der Waals surface area contributed by atoms with Gasteiger partial charge in [-0.25, -0.2) is 4.39 Å². The molecule has 0 aliphatic rings. The standard InChI is InChI=1S/C14H16FNOS/c1-9-6-7-18-14(9)13(16-2)10-4-5-11(15)12(8-10)17-3/h4-8,13,16H,1-3H3. The predicted molar refractivity (Wildman–Crippen MR) is 72.9 cm³/mol. The van der Waals surface area contributed by atoms with Crippen LogP contribution in [0.5, 0.6) is 5.75 Å². The largest absolute Gasteiger partial charge is 0.494 e. The van der Waals surface area contributed by atoms with E-state index in [1.54, 1.807) is 23.5 Å². The molecule has 0 aliphatic carbocycles. The van der Waals surface area contributed by atoms with Gasteiger partial charge in [-0.3, -0.25) is 0 Å². The van der Waals surface area contributed by atoms with Gasteiger partial charge < -0.3 is 10.1 Å². The molecule has 0 aliphatic heterocycles. The van der Waals surface area contributed by atoms with Crippen molar-refractivity contribution in [1.82, 2.24) is 5.32 Å². The molecule has 1 N–H and O–H groups in total. The van der Waals surface area contributed by atoms with Crippen LogP contribution in [0.3, 0.4) is 0 Å². The molecule has 0 amide bonds. The molecular weight excluding hydrogens is 249 g/mol. The van der Waals surface area contributed by atoms with Crippen LogP contribution in [0.2, 0.25) is 0 Å². The van der Waals surface area contributed by atoms with Crippen LogP contribution in [0.1, 0.15) is 22.0 Å². The third-order valence-electron chi connectivity index (χ3n) is 2.96. The van der Waals surface area contributed by atoms with Gasteiger partial charge in [0.25, 0.3) is 0 Å². The molecule has 96 valence electrons. The Balaban J connectivity index is 2.42. The van der Waals surface area contributed by atoms with Crippen LogP contribution in [-0.2, 0) is 0 Å². The molecule has 0 radical (unpaired) electrons. The summed E-state index contributed by atoms with van der Waals surface area (Å²) in [6.45, 7) is 2.08. The lowest BCUT2D eigenvalue weighted by molar-refractivity contribution is 0.385. The van der Waals surface area contributed by atoms with Crippen LogP contribution in [-0.4, -0.2) is 14.2 Å². The summed E-state index contributed by atoms with van der Waals surface area (Å²) in [6.07, 6.45) is 0. The first kappa shape index (κ1) is 13.1. The van der Waals surface area contributed by atoms with Crippen molar-refractivity contribution in [2.24, 2.45) is 0 Å². The maximum absolute atomic E-state index is 13.4. The fourth-order valence-electron chi connectivity index (χ4n) is 1.99. The average molecular weight is 265 g/mol. The molecule has 0 fully saturated rings. The number of hydrogen-bond acceptors (Lipinski definition) is 3. The Kier molecular flexibility index (Phi) is 3.99. The highest BCUT2D eigenvalue weighted by molar-refractivity contribution is 7.10. The van der Waals surface area contributed by atoms with Crippen LogP contribution in [0.15, 0.2) is 29.6 Å². The lowest BCUT2D eigenvalue weighted by atomic mass is 10.0. The Bertz CT molecular complexity index is 538. The number of ether oxygens (including phenoxy) is 1. The van der Waals surface area contributed by atoms with Crippen molar-refractivity contribution in [3.8, 4) is 5.75 Å². The van der Waals surface area contributed by atoms with E-state index in [0.29, 0.717) is 0 Å². The van der Waals surface area contributed by atoms with E-state index in [1.807, 2.05) is 7.05 Å². The third-order valence-corrected chi connectivity index (χ3v) is 4.04. The average Bonchev–Trinajstić information content (AvgIpc) is 2.79. The molecule has 0 spiro atoms. The molecule has 2 rings (SSSR count). The fraction of sp³-hybridized carbons (Fsp3) is 0.286. The van der Waals surface area contributed by atoms with E-state index in [-0.39, 0.29) is 17.6 Å². The van der Waals surface area contributed by atoms with Gasteiger partial charge in [-0.1, -0.05) is 6.07 Å². The first-order valence-electron chi connectivity index (χ1n) is 5.72. The highest BCUT2D eigenvalue weighted by Gasteiger charge is 2.17. The van der Waals surface area contributed by atoms with Crippen molar-refractivity contribution in [3.05, 3.63) is 51.5 Å². The Labute approximate surface area is 110 Å². The number of halogens is 1. The van der Waals surface area contributed by atoms with Gasteiger partial charge in [0.1, 0.15) is 0 Å². The van der Waals surface area contributed by atoms with Gasteiger partial charge in [0, 0.05) is 4.88 Å². The molecule has 1 aromatic carbocycles. The van der Waals surface area contributed by atoms with E-state index in [1.165, 1.54) is 23.6 Å². The number of nitrogens with one attached hydrogen (secondary N) is 1. The molecule has 1 aromatic heterocycles. The van der Waals surface area contributed by atoms with Gasteiger partial charge in [-0.05, 0) is 48.7 Å². The summed E-state index contributed by atoms with van der Waals surface area (Å²) in [5, 5.41) is 5.33. The summed E-state index contributed by atoms with van der Waals surface area (Å²) in [5.74, 6) is -0.0547. The summed E-state index contributed by atoms with van der Waals surface area (Å²) < 4.78 is 18.4. The van der Waals surface area contributed by atoms with E-state index in [4.69, 9.17) is 4.74 Å². The Morgan fingerprint density at radius 1 is 1.33 bits per heavy atom. The number of benzene rings is 1. The van der Waals surface area contributed by atoms with Crippen LogP contribution in [0.4, 0.5) is 4.39 Å². The second-order valence-electron chi connectivity index (χ2n) is 4.08. The van der Waals surface area contributed by atoms with Gasteiger partial charge in [-0.15, -0.1) is 11.3 Å². The molecule has 18 heavy (non-hydrogen) atoms. The van der Waals surface area contributed by atoms with Crippen LogP contribution in [0.25, 0.3) is 0 Å². The normalized spacial score (nSPS) is 12.4. The minimum Gasteiger partial charge on any atom is -0.494 e. The van der Waals surface area contributed by atoms with Gasteiger partial charge in [0.2, 0.25) is 0 Å². The zero-order chi connectivity index (χ0) is 13.1. The smallest absolute Gasteiger partial charge is 0.165 e. The van der Waals surface area contributed by atoms with Gasteiger partial charge >= 0.3 is 0 Å². The zero-order valence-electron chi connectivity index (χ0n) is 10.7. The zero-order valence-corrected chi connectivity index (χ0v) is 11.5. The second kappa shape index (κ2) is 5.50. The number of methoxy groups -OCH3 is 1. The van der Waals surface area contributed by atoms with Crippen molar-refractivity contribution in [2.75, 3.05) is 14.2 Å². The minimum atomic E-state index is -0.334. The maximum Gasteiger partial charge on any atom is 0.165 e. The number of aryl methyl sites for hydroxylation is 1. The van der Waals surface area contributed by atoms with E-state index in [9.17, 15) is 4.39 Å². The molecule has 0 saturated heterocycles. The third kappa shape index (κ3) is 2.40. The van der Waals surface area contributed by atoms with E-state index < -0.39 is 0 Å². The summed E-state index contributed by atoms with van der Waals surface area (Å²) in [4.78, 5) is 1.24. The first-order valence-corrected chi connectivity index (χ1v) is 6.60. The van der Waals surface area contributed by atoms with Crippen LogP contribution < -0.4 is 10.1 Å². The Morgan fingerprint density at radius 3 is 2.67 bits per heavy atom. The monoisotopic (exact) mass is 265 g/mol. The van der Waals surface area contributed by atoms with Crippen molar-refractivity contribution in [2.45, 2.75) is 13.0 Å². The summed E-state index contributed by atoms with van der Waals surface area (Å²) in [7, 11) is 3.38. The van der Waals surface area contributed by atoms with Gasteiger partial charge in [0.05, 0.1) is 13.2 Å². The van der Waals surface area contributed by atoms with Crippen molar-refractivity contribution in [3.63, 3.8) is 0 Å². The highest BCUT2D eigenvalue weighted by atomic mass is 32.1. The fourth-order valence-corrected chi connectivity index (χ4v) is 3.05. The lowest BCUT2D eigenvalue weighted by Gasteiger charge is -2.17. The van der Waals surface area contributed by atoms with E-state index in [2.05, 4.69) is 23.7 Å². The van der Waals surface area contributed by atoms with Crippen molar-refractivity contribution >= 4 is 11.3 Å². The summed E-state index contributed by atoms with van der Waals surface area (Å²) in [5.41, 5.74) is 2.24. The Morgan fingerprint density at radius 2 is 2.11 bits per heavy atom. The molecule has 0 bridgehead atoms. The quantitative estimate of drug-likeness (QED) is 0.913. The van der Waals surface area contributed by atoms with Crippen molar-refractivity contribution in [1.29, 1.82) is 0 Å².